The maximum atomic E-state index is 8.36. The summed E-state index contributed by atoms with van der Waals surface area (Å²) in [5, 5.41) is 5.18. The molecule has 0 bridgehead atoms. The number of para-hydroxylation sites is 2. The second-order valence-electron chi connectivity index (χ2n) is 18.1. The molecular weight excluding hydrogens is 792 g/mol. The van der Waals surface area contributed by atoms with Crippen LogP contribution in [-0.4, -0.2) is 24.8 Å². The Hall–Kier alpha value is -7.28. The lowest BCUT2D eigenvalue weighted by Crippen LogP contribution is -2.88. The van der Waals surface area contributed by atoms with Gasteiger partial charge in [0.1, 0.15) is 0 Å². The number of aromatic nitrogens is 2. The van der Waals surface area contributed by atoms with E-state index in [4.69, 9.17) is 18.2 Å². The Labute approximate surface area is 386 Å². The monoisotopic (exact) mass is 844 g/mol. The van der Waals surface area contributed by atoms with Crippen molar-refractivity contribution in [2.75, 3.05) is 9.80 Å². The van der Waals surface area contributed by atoms with Crippen LogP contribution in [0.25, 0.3) is 22.5 Å². The summed E-state index contributed by atoms with van der Waals surface area (Å²) in [4.78, 5) is 14.6. The second kappa shape index (κ2) is 14.4. The van der Waals surface area contributed by atoms with E-state index in [1.54, 1.807) is 36.7 Å². The summed E-state index contributed by atoms with van der Waals surface area (Å²) in [5.74, 6) is 0. The Morgan fingerprint density at radius 2 is 0.891 bits per heavy atom. The van der Waals surface area contributed by atoms with E-state index in [2.05, 4.69) is 164 Å². The van der Waals surface area contributed by atoms with Crippen LogP contribution in [0.4, 0.5) is 34.1 Å². The van der Waals surface area contributed by atoms with Gasteiger partial charge in [-0.1, -0.05) is 142 Å². The largest absolute Gasteiger partial charge is 0.311 e. The molecule has 64 heavy (non-hydrogen) atoms. The number of rotatable bonds is 6. The lowest BCUT2D eigenvalue weighted by molar-refractivity contribution is 0.590. The summed E-state index contributed by atoms with van der Waals surface area (Å²) in [5.41, 5.74) is 13.6. The van der Waals surface area contributed by atoms with E-state index >= 15 is 0 Å². The van der Waals surface area contributed by atoms with Crippen molar-refractivity contribution in [1.82, 2.24) is 9.97 Å². The molecule has 7 aromatic carbocycles. The van der Waals surface area contributed by atoms with Gasteiger partial charge in [0.15, 0.2) is 8.07 Å². The maximum absolute atomic E-state index is 8.36. The number of nitrogens with zero attached hydrogens (tertiary/aromatic N) is 4. The van der Waals surface area contributed by atoms with Gasteiger partial charge in [-0.2, -0.15) is 0 Å². The molecule has 0 spiro atoms. The van der Waals surface area contributed by atoms with Crippen LogP contribution in [0.1, 0.15) is 45.7 Å². The fourth-order valence-electron chi connectivity index (χ4n) is 10.9. The van der Waals surface area contributed by atoms with Gasteiger partial charge < -0.3 is 9.80 Å². The molecular formula is C58H47BN4Si. The first-order valence-electron chi connectivity index (χ1n) is 24.9. The lowest BCUT2D eigenvalue weighted by Gasteiger charge is -2.52. The quantitative estimate of drug-likeness (QED) is 0.156. The van der Waals surface area contributed by atoms with Gasteiger partial charge in [0.2, 0.25) is 0 Å². The third kappa shape index (κ3) is 5.55. The van der Waals surface area contributed by atoms with Crippen molar-refractivity contribution in [2.45, 2.75) is 39.9 Å². The Morgan fingerprint density at radius 3 is 1.34 bits per heavy atom. The van der Waals surface area contributed by atoms with E-state index in [1.165, 1.54) is 31.7 Å². The Kier molecular flexibility index (Phi) is 7.28. The molecule has 0 saturated heterocycles. The van der Waals surface area contributed by atoms with Crippen LogP contribution < -0.4 is 46.9 Å². The van der Waals surface area contributed by atoms with Gasteiger partial charge in [-0.15, -0.1) is 0 Å². The van der Waals surface area contributed by atoms with Gasteiger partial charge in [0.25, 0.3) is 6.71 Å². The van der Waals surface area contributed by atoms with Crippen LogP contribution >= 0.6 is 0 Å². The lowest BCUT2D eigenvalue weighted by atomic mass is 9.33. The number of anilines is 6. The topological polar surface area (TPSA) is 32.3 Å². The molecule has 3 aliphatic heterocycles. The van der Waals surface area contributed by atoms with Gasteiger partial charge in [0, 0.05) is 54.5 Å². The molecule has 0 radical (unpaired) electrons. The normalized spacial score (nSPS) is 15.8. The Balaban J connectivity index is 1.25. The van der Waals surface area contributed by atoms with Crippen LogP contribution in [0.2, 0.25) is 0 Å². The zero-order valence-electron chi connectivity index (χ0n) is 41.8. The molecule has 0 saturated carbocycles. The molecule has 0 amide bonds. The molecule has 3 aliphatic rings. The van der Waals surface area contributed by atoms with E-state index < -0.39 is 21.8 Å². The van der Waals surface area contributed by atoms with Crippen molar-refractivity contribution in [3.05, 3.63) is 211 Å². The first-order chi connectivity index (χ1) is 33.7. The van der Waals surface area contributed by atoms with E-state index in [0.717, 1.165) is 56.3 Å². The second-order valence-corrected chi connectivity index (χ2v) is 21.9. The Bertz CT molecular complexity index is 3330. The molecule has 0 atom stereocenters. The fourth-order valence-corrected chi connectivity index (χ4v) is 16.2. The minimum Gasteiger partial charge on any atom is -0.311 e. The molecule has 0 aliphatic carbocycles. The molecule has 306 valence electrons. The highest BCUT2D eigenvalue weighted by atomic mass is 28.3. The summed E-state index contributed by atoms with van der Waals surface area (Å²) < 4.78 is 50.2. The number of pyridine rings is 2. The van der Waals surface area contributed by atoms with Crippen molar-refractivity contribution in [2.24, 2.45) is 0 Å². The molecule has 12 rings (SSSR count). The van der Waals surface area contributed by atoms with Crippen molar-refractivity contribution in [1.29, 1.82) is 0 Å². The molecule has 0 unspecified atom stereocenters. The summed E-state index contributed by atoms with van der Waals surface area (Å²) >= 11 is 0. The smallest absolute Gasteiger partial charge is 0.251 e. The van der Waals surface area contributed by atoms with Crippen molar-refractivity contribution >= 4 is 86.0 Å². The molecule has 9 aromatic rings. The Morgan fingerprint density at radius 1 is 0.453 bits per heavy atom. The minimum atomic E-state index is -3.17. The van der Waals surface area contributed by atoms with E-state index in [1.807, 2.05) is 24.3 Å². The molecule has 0 N–H and O–H groups in total. The van der Waals surface area contributed by atoms with Gasteiger partial charge in [-0.25, -0.2) is 0 Å². The molecule has 2 aromatic heterocycles. The average Bonchev–Trinajstić information content (AvgIpc) is 3.36. The third-order valence-electron chi connectivity index (χ3n) is 13.6. The van der Waals surface area contributed by atoms with Gasteiger partial charge >= 0.3 is 0 Å². The predicted octanol–water partition coefficient (Wildman–Crippen LogP) is 9.50. The van der Waals surface area contributed by atoms with Gasteiger partial charge in [-0.3, -0.25) is 9.97 Å². The van der Waals surface area contributed by atoms with E-state index in [-0.39, 0.29) is 23.3 Å². The number of aryl methyl sites for hydroxylation is 2. The van der Waals surface area contributed by atoms with Crippen LogP contribution in [0.15, 0.2) is 194 Å². The highest BCUT2D eigenvalue weighted by Gasteiger charge is 2.56. The molecule has 5 heterocycles. The standard InChI is InChI=1S/C58H47BN4Si/c1-38-30-32-60-45(34-38)43-22-12-14-24-47(43)62-49-26-16-28-53-56(49)59-55-51(62)36-40(58(3,4)5)37-52(55)63(48-25-15-13-23-44(48)46-35-39(2)31-33-61-46)50-27-17-29-54(57(50)59)64(53,41-18-8-6-9-19-41)42-20-10-7-11-21-42/h6-37H,1-5H3/i1D3,2D3. The highest BCUT2D eigenvalue weighted by molar-refractivity contribution is 7.27. The maximum Gasteiger partial charge on any atom is 0.251 e. The third-order valence-corrected chi connectivity index (χ3v) is 18.5. The van der Waals surface area contributed by atoms with Gasteiger partial charge in [-0.05, 0) is 134 Å². The predicted molar refractivity (Wildman–Crippen MR) is 272 cm³/mol. The molecule has 4 nitrogen and oxygen atoms in total. The van der Waals surface area contributed by atoms with Crippen molar-refractivity contribution in [3.8, 4) is 22.5 Å². The summed E-state index contributed by atoms with van der Waals surface area (Å²) in [7, 11) is -3.17. The van der Waals surface area contributed by atoms with Crippen LogP contribution in [0.5, 0.6) is 0 Å². The van der Waals surface area contributed by atoms with Crippen molar-refractivity contribution < 1.29 is 8.22 Å². The zero-order chi connectivity index (χ0) is 48.3. The number of hydrogen-bond donors (Lipinski definition) is 0. The zero-order valence-corrected chi connectivity index (χ0v) is 36.8. The summed E-state index contributed by atoms with van der Waals surface area (Å²) in [6, 6.07) is 63.6. The highest BCUT2D eigenvalue weighted by Crippen LogP contribution is 2.49. The fraction of sp³-hybridized carbons (Fsp3) is 0.103. The van der Waals surface area contributed by atoms with Gasteiger partial charge in [0.05, 0.1) is 22.8 Å². The summed E-state index contributed by atoms with van der Waals surface area (Å²) in [6.45, 7) is 1.93. The molecule has 0 fully saturated rings. The number of benzene rings is 7. The van der Waals surface area contributed by atoms with Crippen LogP contribution in [0, 0.1) is 13.7 Å². The van der Waals surface area contributed by atoms with E-state index in [9.17, 15) is 0 Å². The SMILES string of the molecule is [2H]C([2H])([2H])c1ccnc(-c2ccccc2N2c3cc(C(C)(C)C)cc4c3B3c5c2cccc5[Si](c2ccccc2)(c2ccccc2)c2cccc(c23)N4c2ccccc2-c2cc(C([2H])([2H])[2H])ccn2)c1. The first kappa shape index (κ1) is 32.4. The average molecular weight is 845 g/mol. The first-order valence-corrected chi connectivity index (χ1v) is 23.9. The van der Waals surface area contributed by atoms with Crippen LogP contribution in [0.3, 0.4) is 0 Å². The van der Waals surface area contributed by atoms with Crippen molar-refractivity contribution in [3.63, 3.8) is 0 Å². The minimum absolute atomic E-state index is 0.176. The number of hydrogen-bond acceptors (Lipinski definition) is 4. The van der Waals surface area contributed by atoms with Crippen LogP contribution in [-0.2, 0) is 5.41 Å². The van der Waals surface area contributed by atoms with E-state index in [0.29, 0.717) is 11.4 Å². The summed E-state index contributed by atoms with van der Waals surface area (Å²) in [6.07, 6.45) is 3.20. The molecule has 6 heteroatoms.